The molecule has 16 heavy (non-hydrogen) atoms. The molecule has 0 spiro atoms. The van der Waals surface area contributed by atoms with Gasteiger partial charge >= 0.3 is 0 Å². The predicted molar refractivity (Wildman–Crippen MR) is 61.7 cm³/mol. The van der Waals surface area contributed by atoms with Gasteiger partial charge in [0.15, 0.2) is 0 Å². The first-order valence-electron chi connectivity index (χ1n) is 4.94. The van der Waals surface area contributed by atoms with E-state index in [0.29, 0.717) is 6.42 Å². The highest BCUT2D eigenvalue weighted by molar-refractivity contribution is 7.03. The first-order chi connectivity index (χ1) is 7.66. The minimum atomic E-state index is -0.217. The molecule has 1 unspecified atom stereocenters. The first kappa shape index (κ1) is 11.2. The SMILES string of the molecule is Cc1cc(F)ccc1CC(N)c1csnn1. The quantitative estimate of drug-likeness (QED) is 0.890. The molecule has 2 aromatic rings. The second kappa shape index (κ2) is 4.67. The van der Waals surface area contributed by atoms with Crippen LogP contribution in [0.15, 0.2) is 23.6 Å². The van der Waals surface area contributed by atoms with E-state index in [9.17, 15) is 4.39 Å². The molecule has 0 amide bonds. The van der Waals surface area contributed by atoms with Crippen LogP contribution in [-0.4, -0.2) is 9.59 Å². The molecule has 1 heterocycles. The van der Waals surface area contributed by atoms with E-state index in [1.165, 1.54) is 23.7 Å². The molecule has 1 aromatic carbocycles. The molecule has 1 aromatic heterocycles. The van der Waals surface area contributed by atoms with Crippen LogP contribution >= 0.6 is 11.5 Å². The fraction of sp³-hybridized carbons (Fsp3) is 0.273. The van der Waals surface area contributed by atoms with Gasteiger partial charge in [0, 0.05) is 5.38 Å². The molecule has 0 bridgehead atoms. The Bertz CT molecular complexity index is 470. The number of hydrogen-bond donors (Lipinski definition) is 1. The van der Waals surface area contributed by atoms with Crippen molar-refractivity contribution in [2.75, 3.05) is 0 Å². The molecule has 0 aliphatic heterocycles. The summed E-state index contributed by atoms with van der Waals surface area (Å²) in [7, 11) is 0. The number of rotatable bonds is 3. The van der Waals surface area contributed by atoms with Gasteiger partial charge in [-0.25, -0.2) is 4.39 Å². The van der Waals surface area contributed by atoms with Gasteiger partial charge in [0.1, 0.15) is 5.82 Å². The number of hydrogen-bond acceptors (Lipinski definition) is 4. The summed E-state index contributed by atoms with van der Waals surface area (Å²) in [5, 5.41) is 5.77. The average molecular weight is 237 g/mol. The standard InChI is InChI=1S/C11H12FN3S/c1-7-4-9(12)3-2-8(7)5-10(13)11-6-16-15-14-11/h2-4,6,10H,5,13H2,1H3. The van der Waals surface area contributed by atoms with Crippen molar-refractivity contribution in [3.05, 3.63) is 46.2 Å². The molecule has 0 saturated heterocycles. The zero-order chi connectivity index (χ0) is 11.5. The van der Waals surface area contributed by atoms with Gasteiger partial charge in [-0.1, -0.05) is 10.6 Å². The second-order valence-electron chi connectivity index (χ2n) is 3.71. The van der Waals surface area contributed by atoms with Gasteiger partial charge in [0.2, 0.25) is 0 Å². The maximum atomic E-state index is 12.9. The van der Waals surface area contributed by atoms with Crippen molar-refractivity contribution < 1.29 is 4.39 Å². The smallest absolute Gasteiger partial charge is 0.123 e. The van der Waals surface area contributed by atoms with E-state index in [1.807, 2.05) is 12.3 Å². The van der Waals surface area contributed by atoms with Crippen LogP contribution in [0.5, 0.6) is 0 Å². The van der Waals surface area contributed by atoms with Gasteiger partial charge in [-0.05, 0) is 48.1 Å². The normalized spacial score (nSPS) is 12.7. The molecule has 0 saturated carbocycles. The molecule has 0 aliphatic carbocycles. The maximum absolute atomic E-state index is 12.9. The molecule has 0 radical (unpaired) electrons. The first-order valence-corrected chi connectivity index (χ1v) is 5.78. The zero-order valence-corrected chi connectivity index (χ0v) is 9.67. The van der Waals surface area contributed by atoms with E-state index in [-0.39, 0.29) is 11.9 Å². The average Bonchev–Trinajstić information content (AvgIpc) is 2.75. The topological polar surface area (TPSA) is 51.8 Å². The van der Waals surface area contributed by atoms with Crippen LogP contribution in [0.2, 0.25) is 0 Å². The lowest BCUT2D eigenvalue weighted by atomic mass is 10.0. The summed E-state index contributed by atoms with van der Waals surface area (Å²) in [5.74, 6) is -0.217. The summed E-state index contributed by atoms with van der Waals surface area (Å²) in [6.07, 6.45) is 0.650. The fourth-order valence-electron chi connectivity index (χ4n) is 1.56. The van der Waals surface area contributed by atoms with Gasteiger partial charge in [-0.3, -0.25) is 0 Å². The third-order valence-corrected chi connectivity index (χ3v) is 3.02. The van der Waals surface area contributed by atoms with Gasteiger partial charge < -0.3 is 5.73 Å². The van der Waals surface area contributed by atoms with E-state index in [2.05, 4.69) is 9.59 Å². The van der Waals surface area contributed by atoms with E-state index in [0.717, 1.165) is 16.8 Å². The van der Waals surface area contributed by atoms with Crippen molar-refractivity contribution in [2.24, 2.45) is 5.73 Å². The van der Waals surface area contributed by atoms with Gasteiger partial charge in [0.25, 0.3) is 0 Å². The Kier molecular flexibility index (Phi) is 3.26. The minimum Gasteiger partial charge on any atom is -0.322 e. The maximum Gasteiger partial charge on any atom is 0.123 e. The van der Waals surface area contributed by atoms with Crippen LogP contribution in [0.1, 0.15) is 22.9 Å². The summed E-state index contributed by atoms with van der Waals surface area (Å²) in [4.78, 5) is 0. The van der Waals surface area contributed by atoms with Crippen LogP contribution < -0.4 is 5.73 Å². The molecule has 2 rings (SSSR count). The highest BCUT2D eigenvalue weighted by Gasteiger charge is 2.11. The Balaban J connectivity index is 2.15. The van der Waals surface area contributed by atoms with Gasteiger partial charge in [0.05, 0.1) is 11.7 Å². The second-order valence-corrected chi connectivity index (χ2v) is 4.32. The number of benzene rings is 1. The summed E-state index contributed by atoms with van der Waals surface area (Å²) in [5.41, 5.74) is 8.73. The van der Waals surface area contributed by atoms with Crippen molar-refractivity contribution in [1.29, 1.82) is 0 Å². The molecule has 84 valence electrons. The lowest BCUT2D eigenvalue weighted by Crippen LogP contribution is -2.14. The Morgan fingerprint density at radius 2 is 2.31 bits per heavy atom. The molecular formula is C11H12FN3S. The number of nitrogens with zero attached hydrogens (tertiary/aromatic N) is 2. The lowest BCUT2D eigenvalue weighted by Gasteiger charge is -2.10. The van der Waals surface area contributed by atoms with Crippen LogP contribution in [0.4, 0.5) is 4.39 Å². The highest BCUT2D eigenvalue weighted by Crippen LogP contribution is 2.18. The molecule has 1 atom stereocenters. The van der Waals surface area contributed by atoms with Crippen molar-refractivity contribution in [3.63, 3.8) is 0 Å². The Hall–Kier alpha value is -1.33. The van der Waals surface area contributed by atoms with Crippen LogP contribution in [0.3, 0.4) is 0 Å². The van der Waals surface area contributed by atoms with Crippen LogP contribution in [0, 0.1) is 12.7 Å². The Morgan fingerprint density at radius 3 is 2.94 bits per heavy atom. The lowest BCUT2D eigenvalue weighted by molar-refractivity contribution is 0.623. The zero-order valence-electron chi connectivity index (χ0n) is 8.85. The summed E-state index contributed by atoms with van der Waals surface area (Å²) < 4.78 is 16.7. The largest absolute Gasteiger partial charge is 0.322 e. The van der Waals surface area contributed by atoms with Crippen LogP contribution in [-0.2, 0) is 6.42 Å². The molecule has 0 fully saturated rings. The third kappa shape index (κ3) is 2.43. The third-order valence-electron chi connectivity index (χ3n) is 2.50. The van der Waals surface area contributed by atoms with Crippen molar-refractivity contribution in [3.8, 4) is 0 Å². The highest BCUT2D eigenvalue weighted by atomic mass is 32.1. The number of halogens is 1. The predicted octanol–water partition coefficient (Wildman–Crippen LogP) is 2.23. The summed E-state index contributed by atoms with van der Waals surface area (Å²) in [6.45, 7) is 1.88. The van der Waals surface area contributed by atoms with Crippen LogP contribution in [0.25, 0.3) is 0 Å². The fourth-order valence-corrected chi connectivity index (χ4v) is 2.08. The summed E-state index contributed by atoms with van der Waals surface area (Å²) >= 11 is 1.28. The van der Waals surface area contributed by atoms with Gasteiger partial charge in [-0.2, -0.15) is 0 Å². The van der Waals surface area contributed by atoms with Crippen molar-refractivity contribution in [2.45, 2.75) is 19.4 Å². The molecule has 2 N–H and O–H groups in total. The Labute approximate surface area is 97.3 Å². The summed E-state index contributed by atoms with van der Waals surface area (Å²) in [6, 6.07) is 4.56. The van der Waals surface area contributed by atoms with E-state index in [1.54, 1.807) is 6.07 Å². The van der Waals surface area contributed by atoms with Crippen molar-refractivity contribution in [1.82, 2.24) is 9.59 Å². The number of aryl methyl sites for hydroxylation is 1. The van der Waals surface area contributed by atoms with E-state index in [4.69, 9.17) is 5.73 Å². The van der Waals surface area contributed by atoms with E-state index >= 15 is 0 Å². The molecular weight excluding hydrogens is 225 g/mol. The van der Waals surface area contributed by atoms with E-state index < -0.39 is 0 Å². The van der Waals surface area contributed by atoms with Gasteiger partial charge in [-0.15, -0.1) is 5.10 Å². The molecule has 0 aliphatic rings. The van der Waals surface area contributed by atoms with Crippen molar-refractivity contribution >= 4 is 11.5 Å². The monoisotopic (exact) mass is 237 g/mol. The minimum absolute atomic E-state index is 0.178. The number of aromatic nitrogens is 2. The molecule has 3 nitrogen and oxygen atoms in total. The number of nitrogens with two attached hydrogens (primary N) is 1. The Morgan fingerprint density at radius 1 is 1.50 bits per heavy atom. The molecule has 5 heteroatoms.